The van der Waals surface area contributed by atoms with Gasteiger partial charge in [0.05, 0.1) is 13.0 Å². The number of carboxylic acids is 1. The van der Waals surface area contributed by atoms with Gasteiger partial charge in [-0.2, -0.15) is 13.2 Å². The van der Waals surface area contributed by atoms with Crippen LogP contribution < -0.4 is 5.73 Å². The van der Waals surface area contributed by atoms with Gasteiger partial charge in [-0.05, 0) is 6.92 Å². The molecule has 0 rings (SSSR count). The predicted octanol–water partition coefficient (Wildman–Crippen LogP) is 0.284. The maximum absolute atomic E-state index is 12.3. The van der Waals surface area contributed by atoms with E-state index in [1.807, 2.05) is 0 Å². The molecule has 0 aliphatic rings. The first-order chi connectivity index (χ1) is 6.65. The zero-order valence-electron chi connectivity index (χ0n) is 7.80. The number of rotatable bonds is 4. The van der Waals surface area contributed by atoms with E-state index >= 15 is 0 Å². The number of hydrogen-bond acceptors (Lipinski definition) is 4. The van der Waals surface area contributed by atoms with E-state index in [4.69, 9.17) is 10.8 Å². The van der Waals surface area contributed by atoms with Gasteiger partial charge in [0.1, 0.15) is 0 Å². The van der Waals surface area contributed by atoms with E-state index in [1.54, 1.807) is 0 Å². The Bertz CT molecular complexity index is 265. The van der Waals surface area contributed by atoms with Crippen LogP contribution in [0.2, 0.25) is 0 Å². The summed E-state index contributed by atoms with van der Waals surface area (Å²) in [6, 6.07) is 0. The highest BCUT2D eigenvalue weighted by molar-refractivity contribution is 5.87. The van der Waals surface area contributed by atoms with Crippen LogP contribution in [-0.2, 0) is 14.3 Å². The van der Waals surface area contributed by atoms with Crippen LogP contribution >= 0.6 is 0 Å². The Hall–Kier alpha value is -1.31. The van der Waals surface area contributed by atoms with Crippen molar-refractivity contribution in [3.8, 4) is 0 Å². The summed E-state index contributed by atoms with van der Waals surface area (Å²) < 4.78 is 41.1. The van der Waals surface area contributed by atoms with Crippen molar-refractivity contribution in [1.82, 2.24) is 0 Å². The summed E-state index contributed by atoms with van der Waals surface area (Å²) in [6.07, 6.45) is -6.73. The maximum Gasteiger partial charge on any atom is 0.417 e. The number of alkyl halides is 3. The van der Waals surface area contributed by atoms with Gasteiger partial charge in [0.2, 0.25) is 5.54 Å². The molecular weight excluding hydrogens is 219 g/mol. The molecule has 0 aromatic carbocycles. The minimum absolute atomic E-state index is 0.312. The molecule has 0 aromatic rings. The van der Waals surface area contributed by atoms with Gasteiger partial charge in [-0.15, -0.1) is 0 Å². The van der Waals surface area contributed by atoms with Crippen molar-refractivity contribution in [3.05, 3.63) is 0 Å². The lowest BCUT2D eigenvalue weighted by Crippen LogP contribution is -2.61. The van der Waals surface area contributed by atoms with Crippen LogP contribution in [0.25, 0.3) is 0 Å². The summed E-state index contributed by atoms with van der Waals surface area (Å²) in [7, 11) is 0. The average molecular weight is 229 g/mol. The van der Waals surface area contributed by atoms with Crippen molar-refractivity contribution in [2.24, 2.45) is 5.73 Å². The quantitative estimate of drug-likeness (QED) is 0.676. The molecule has 1 atom stereocenters. The van der Waals surface area contributed by atoms with Crippen molar-refractivity contribution in [1.29, 1.82) is 0 Å². The van der Waals surface area contributed by atoms with Crippen molar-refractivity contribution in [3.63, 3.8) is 0 Å². The number of halogens is 3. The highest BCUT2D eigenvalue weighted by Gasteiger charge is 2.60. The topological polar surface area (TPSA) is 89.6 Å². The maximum atomic E-state index is 12.3. The zero-order valence-corrected chi connectivity index (χ0v) is 7.80. The van der Waals surface area contributed by atoms with Gasteiger partial charge in [-0.1, -0.05) is 0 Å². The SMILES string of the molecule is CCOC(=O)[C@@](N)(CC(=O)O)C(F)(F)F. The molecule has 0 unspecified atom stereocenters. The molecule has 0 saturated heterocycles. The number of nitrogens with two attached hydrogens (primary N) is 1. The van der Waals surface area contributed by atoms with E-state index in [-0.39, 0.29) is 6.61 Å². The fourth-order valence-corrected chi connectivity index (χ4v) is 0.787. The normalized spacial score (nSPS) is 15.5. The number of carbonyl (C=O) groups excluding carboxylic acids is 1. The van der Waals surface area contributed by atoms with Crippen molar-refractivity contribution in [2.75, 3.05) is 6.61 Å². The molecule has 0 fully saturated rings. The summed E-state index contributed by atoms with van der Waals surface area (Å²) in [5, 5.41) is 8.24. The summed E-state index contributed by atoms with van der Waals surface area (Å²) in [5.41, 5.74) is 1.23. The summed E-state index contributed by atoms with van der Waals surface area (Å²) in [5.74, 6) is -3.62. The van der Waals surface area contributed by atoms with E-state index in [9.17, 15) is 22.8 Å². The largest absolute Gasteiger partial charge is 0.481 e. The van der Waals surface area contributed by atoms with Gasteiger partial charge in [0.25, 0.3) is 0 Å². The molecule has 0 spiro atoms. The Morgan fingerprint density at radius 3 is 2.13 bits per heavy atom. The molecule has 0 amide bonds. The molecule has 0 aromatic heterocycles. The molecule has 5 nitrogen and oxygen atoms in total. The molecule has 0 saturated carbocycles. The summed E-state index contributed by atoms with van der Waals surface area (Å²) in [6.45, 7) is 0.975. The Morgan fingerprint density at radius 1 is 1.40 bits per heavy atom. The van der Waals surface area contributed by atoms with Crippen molar-refractivity contribution in [2.45, 2.75) is 25.1 Å². The van der Waals surface area contributed by atoms with Crippen LogP contribution in [0.1, 0.15) is 13.3 Å². The molecular formula is C7H10F3NO4. The van der Waals surface area contributed by atoms with Crippen LogP contribution in [0.15, 0.2) is 0 Å². The Kier molecular flexibility index (Phi) is 4.08. The number of carbonyl (C=O) groups is 2. The molecule has 88 valence electrons. The van der Waals surface area contributed by atoms with Gasteiger partial charge in [0.15, 0.2) is 0 Å². The molecule has 0 heterocycles. The second-order valence-corrected chi connectivity index (χ2v) is 2.76. The third-order valence-electron chi connectivity index (χ3n) is 1.58. The van der Waals surface area contributed by atoms with Crippen LogP contribution in [-0.4, -0.2) is 35.4 Å². The monoisotopic (exact) mass is 229 g/mol. The van der Waals surface area contributed by atoms with E-state index in [2.05, 4.69) is 4.74 Å². The van der Waals surface area contributed by atoms with Gasteiger partial charge in [0, 0.05) is 0 Å². The second kappa shape index (κ2) is 4.47. The van der Waals surface area contributed by atoms with Crippen molar-refractivity contribution < 1.29 is 32.6 Å². The molecule has 0 aliphatic carbocycles. The lowest BCUT2D eigenvalue weighted by molar-refractivity contribution is -0.209. The van der Waals surface area contributed by atoms with E-state index in [1.165, 1.54) is 6.92 Å². The van der Waals surface area contributed by atoms with Gasteiger partial charge >= 0.3 is 18.1 Å². The molecule has 0 radical (unpaired) electrons. The third-order valence-corrected chi connectivity index (χ3v) is 1.58. The minimum atomic E-state index is -5.17. The molecule has 3 N–H and O–H groups in total. The average Bonchev–Trinajstić information content (AvgIpc) is 2.01. The lowest BCUT2D eigenvalue weighted by atomic mass is 9.96. The number of hydrogen-bond donors (Lipinski definition) is 2. The Balaban J connectivity index is 5.02. The minimum Gasteiger partial charge on any atom is -0.481 e. The molecule has 0 bridgehead atoms. The highest BCUT2D eigenvalue weighted by Crippen LogP contribution is 2.32. The first-order valence-electron chi connectivity index (χ1n) is 3.89. The summed E-state index contributed by atoms with van der Waals surface area (Å²) in [4.78, 5) is 21.1. The van der Waals surface area contributed by atoms with Crippen molar-refractivity contribution >= 4 is 11.9 Å². The van der Waals surface area contributed by atoms with Crippen LogP contribution in [0.3, 0.4) is 0 Å². The first kappa shape index (κ1) is 13.7. The van der Waals surface area contributed by atoms with E-state index in [0.717, 1.165) is 0 Å². The van der Waals surface area contributed by atoms with Gasteiger partial charge < -0.3 is 15.6 Å². The number of esters is 1. The first-order valence-corrected chi connectivity index (χ1v) is 3.89. The molecule has 8 heteroatoms. The number of aliphatic carboxylic acids is 1. The fourth-order valence-electron chi connectivity index (χ4n) is 0.787. The second-order valence-electron chi connectivity index (χ2n) is 2.76. The lowest BCUT2D eigenvalue weighted by Gasteiger charge is -2.27. The van der Waals surface area contributed by atoms with E-state index < -0.39 is 30.1 Å². The zero-order chi connectivity index (χ0) is 12.3. The Morgan fingerprint density at radius 2 is 1.87 bits per heavy atom. The van der Waals surface area contributed by atoms with Crippen LogP contribution in [0.5, 0.6) is 0 Å². The van der Waals surface area contributed by atoms with Gasteiger partial charge in [-0.3, -0.25) is 4.79 Å². The highest BCUT2D eigenvalue weighted by atomic mass is 19.4. The van der Waals surface area contributed by atoms with E-state index in [0.29, 0.717) is 0 Å². The van der Waals surface area contributed by atoms with Gasteiger partial charge in [-0.25, -0.2) is 4.79 Å². The van der Waals surface area contributed by atoms with Crippen LogP contribution in [0, 0.1) is 0 Å². The third kappa shape index (κ3) is 3.08. The number of carboxylic acid groups (broad SMARTS) is 1. The predicted molar refractivity (Wildman–Crippen MR) is 41.9 cm³/mol. The molecule has 0 aliphatic heterocycles. The summed E-state index contributed by atoms with van der Waals surface area (Å²) >= 11 is 0. The van der Waals surface area contributed by atoms with Crippen LogP contribution in [0.4, 0.5) is 13.2 Å². The molecule has 15 heavy (non-hydrogen) atoms. The smallest absolute Gasteiger partial charge is 0.417 e. The number of ether oxygens (including phenoxy) is 1. The standard InChI is InChI=1S/C7H10F3NO4/c1-2-15-5(14)6(11,3-4(12)13)7(8,9)10/h2-3,11H2,1H3,(H,12,13)/t6-/m0/s1. The fraction of sp³-hybridized carbons (Fsp3) is 0.714. The Labute approximate surface area is 83.0 Å².